The van der Waals surface area contributed by atoms with Gasteiger partial charge in [0.25, 0.3) is 0 Å². The zero-order valence-electron chi connectivity index (χ0n) is 6.19. The summed E-state index contributed by atoms with van der Waals surface area (Å²) in [5.74, 6) is 0. The SMILES string of the molecule is [CH2-]C12CCC(O)(CC1)C2.[U]. The molecule has 56 valence electrons. The maximum atomic E-state index is 9.67. The first-order chi connectivity index (χ1) is 4.12. The van der Waals surface area contributed by atoms with Crippen LogP contribution in [0.15, 0.2) is 0 Å². The molecule has 0 atom stereocenters. The van der Waals surface area contributed by atoms with Gasteiger partial charge < -0.3 is 12.0 Å². The molecule has 0 heterocycles. The van der Waals surface area contributed by atoms with Gasteiger partial charge in [0.15, 0.2) is 0 Å². The third-order valence-electron chi connectivity index (χ3n) is 2.95. The summed E-state index contributed by atoms with van der Waals surface area (Å²) < 4.78 is 0. The minimum atomic E-state index is -0.290. The standard InChI is InChI=1S/C8H13O.U/c1-7-2-4-8(9,6-7)5-3-7;/h9H,1-6H2;/q-1;. The summed E-state index contributed by atoms with van der Waals surface area (Å²) in [6, 6.07) is 0. The van der Waals surface area contributed by atoms with Gasteiger partial charge in [0.05, 0.1) is 5.60 Å². The molecule has 2 saturated carbocycles. The first-order valence-corrected chi connectivity index (χ1v) is 3.70. The molecule has 2 rings (SSSR count). The first kappa shape index (κ1) is 9.10. The van der Waals surface area contributed by atoms with E-state index in [1.807, 2.05) is 0 Å². The number of rotatable bonds is 0. The van der Waals surface area contributed by atoms with Gasteiger partial charge in [0.1, 0.15) is 0 Å². The molecule has 2 bridgehead atoms. The molecule has 2 heteroatoms. The molecule has 2 aliphatic carbocycles. The Hall–Kier alpha value is 1.01. The third kappa shape index (κ3) is 1.31. The molecular formula is C8H13OU-. The predicted octanol–water partition coefficient (Wildman–Crippen LogP) is 1.52. The molecule has 0 unspecified atom stereocenters. The van der Waals surface area contributed by atoms with E-state index in [2.05, 4.69) is 6.92 Å². The zero-order valence-corrected chi connectivity index (χ0v) is 10.4. The fourth-order valence-electron chi connectivity index (χ4n) is 2.30. The fourth-order valence-corrected chi connectivity index (χ4v) is 2.30. The van der Waals surface area contributed by atoms with Crippen molar-refractivity contribution in [3.63, 3.8) is 0 Å². The van der Waals surface area contributed by atoms with Gasteiger partial charge in [0, 0.05) is 31.1 Å². The minimum Gasteiger partial charge on any atom is -0.390 e. The first-order valence-electron chi connectivity index (χ1n) is 3.70. The molecule has 2 fully saturated rings. The van der Waals surface area contributed by atoms with Crippen molar-refractivity contribution in [3.05, 3.63) is 6.92 Å². The number of hydrogen-bond acceptors (Lipinski definition) is 1. The largest absolute Gasteiger partial charge is 0.390 e. The van der Waals surface area contributed by atoms with E-state index in [0.717, 1.165) is 32.1 Å². The average Bonchev–Trinajstić information content (AvgIpc) is 2.19. The van der Waals surface area contributed by atoms with Gasteiger partial charge in [0.2, 0.25) is 0 Å². The summed E-state index contributed by atoms with van der Waals surface area (Å²) in [7, 11) is 0. The van der Waals surface area contributed by atoms with Crippen LogP contribution in [-0.2, 0) is 0 Å². The quantitative estimate of drug-likeness (QED) is 0.647. The normalized spacial score (nSPS) is 51.0. The summed E-state index contributed by atoms with van der Waals surface area (Å²) in [6.07, 6.45) is 5.24. The minimum absolute atomic E-state index is 0. The van der Waals surface area contributed by atoms with Crippen LogP contribution in [0.4, 0.5) is 0 Å². The second kappa shape index (κ2) is 2.51. The van der Waals surface area contributed by atoms with E-state index in [1.165, 1.54) is 0 Å². The number of hydrogen-bond donors (Lipinski definition) is 1. The van der Waals surface area contributed by atoms with Crippen LogP contribution < -0.4 is 0 Å². The van der Waals surface area contributed by atoms with Crippen LogP contribution >= 0.6 is 0 Å². The van der Waals surface area contributed by atoms with Crippen molar-refractivity contribution in [2.24, 2.45) is 5.41 Å². The van der Waals surface area contributed by atoms with Crippen molar-refractivity contribution >= 4 is 0 Å². The Bertz CT molecular complexity index is 120. The molecule has 0 aromatic rings. The van der Waals surface area contributed by atoms with Gasteiger partial charge in [-0.15, -0.1) is 0 Å². The zero-order chi connectivity index (χ0) is 6.54. The molecule has 0 spiro atoms. The van der Waals surface area contributed by atoms with Gasteiger partial charge in [-0.1, -0.05) is 12.8 Å². The Morgan fingerprint density at radius 1 is 1.10 bits per heavy atom. The molecule has 0 radical (unpaired) electrons. The molecule has 0 aromatic heterocycles. The fraction of sp³-hybridized carbons (Fsp3) is 0.875. The monoisotopic (exact) mass is 363 g/mol. The summed E-state index contributed by atoms with van der Waals surface area (Å²) >= 11 is 0. The molecule has 0 aromatic carbocycles. The van der Waals surface area contributed by atoms with Gasteiger partial charge in [-0.05, 0) is 19.3 Å². The van der Waals surface area contributed by atoms with E-state index < -0.39 is 0 Å². The Morgan fingerprint density at radius 3 is 1.70 bits per heavy atom. The summed E-state index contributed by atoms with van der Waals surface area (Å²) in [6.45, 7) is 4.11. The maximum Gasteiger partial charge on any atom is 0.0627 e. The molecule has 0 saturated heterocycles. The van der Waals surface area contributed by atoms with E-state index in [-0.39, 0.29) is 42.1 Å². The van der Waals surface area contributed by atoms with Crippen molar-refractivity contribution in [1.29, 1.82) is 0 Å². The van der Waals surface area contributed by atoms with Gasteiger partial charge >= 0.3 is 0 Å². The van der Waals surface area contributed by atoms with Gasteiger partial charge in [-0.25, -0.2) is 0 Å². The van der Waals surface area contributed by atoms with E-state index in [0.29, 0.717) is 0 Å². The molecule has 1 nitrogen and oxygen atoms in total. The van der Waals surface area contributed by atoms with Gasteiger partial charge in [-0.3, -0.25) is 0 Å². The van der Waals surface area contributed by atoms with E-state index >= 15 is 0 Å². The summed E-state index contributed by atoms with van der Waals surface area (Å²) in [5, 5.41) is 9.67. The molecule has 0 aliphatic heterocycles. The second-order valence-electron chi connectivity index (χ2n) is 3.90. The molecule has 10 heavy (non-hydrogen) atoms. The number of aliphatic hydroxyl groups is 1. The van der Waals surface area contributed by atoms with Crippen LogP contribution in [0.5, 0.6) is 0 Å². The summed E-state index contributed by atoms with van der Waals surface area (Å²) in [5.41, 5.74) is -0.0174. The van der Waals surface area contributed by atoms with Crippen molar-refractivity contribution < 1.29 is 36.2 Å². The van der Waals surface area contributed by atoms with Crippen LogP contribution in [-0.4, -0.2) is 10.7 Å². The molecule has 0 amide bonds. The number of fused-ring (bicyclic) bond motifs is 2. The summed E-state index contributed by atoms with van der Waals surface area (Å²) in [4.78, 5) is 0. The van der Waals surface area contributed by atoms with E-state index in [4.69, 9.17) is 0 Å². The maximum absolute atomic E-state index is 9.67. The Balaban J connectivity index is 0.000000500. The molecule has 1 N–H and O–H groups in total. The van der Waals surface area contributed by atoms with Crippen LogP contribution in [0.2, 0.25) is 0 Å². The average molecular weight is 363 g/mol. The van der Waals surface area contributed by atoms with Crippen LogP contribution in [0.1, 0.15) is 32.1 Å². The van der Waals surface area contributed by atoms with Crippen molar-refractivity contribution in [2.75, 3.05) is 0 Å². The van der Waals surface area contributed by atoms with Crippen molar-refractivity contribution in [3.8, 4) is 0 Å². The van der Waals surface area contributed by atoms with E-state index in [9.17, 15) is 5.11 Å². The predicted molar refractivity (Wildman–Crippen MR) is 35.8 cm³/mol. The second-order valence-corrected chi connectivity index (χ2v) is 3.90. The topological polar surface area (TPSA) is 20.2 Å². The van der Waals surface area contributed by atoms with Crippen LogP contribution in [0.25, 0.3) is 0 Å². The molecular weight excluding hydrogens is 350 g/mol. The smallest absolute Gasteiger partial charge is 0.0627 e. The van der Waals surface area contributed by atoms with Crippen LogP contribution in [0, 0.1) is 43.5 Å². The Kier molecular flexibility index (Phi) is 2.28. The van der Waals surface area contributed by atoms with Gasteiger partial charge in [-0.2, -0.15) is 5.41 Å². The van der Waals surface area contributed by atoms with Crippen molar-refractivity contribution in [2.45, 2.75) is 37.7 Å². The third-order valence-corrected chi connectivity index (χ3v) is 2.95. The Labute approximate surface area is 86.0 Å². The van der Waals surface area contributed by atoms with Crippen molar-refractivity contribution in [1.82, 2.24) is 0 Å². The Morgan fingerprint density at radius 2 is 1.60 bits per heavy atom. The molecule has 2 aliphatic rings. The van der Waals surface area contributed by atoms with E-state index in [1.54, 1.807) is 0 Å². The van der Waals surface area contributed by atoms with Crippen LogP contribution in [0.3, 0.4) is 0 Å².